The van der Waals surface area contributed by atoms with Gasteiger partial charge >= 0.3 is 5.97 Å². The van der Waals surface area contributed by atoms with Crippen molar-refractivity contribution in [2.24, 2.45) is 0 Å². The van der Waals surface area contributed by atoms with E-state index in [0.29, 0.717) is 11.1 Å². The summed E-state index contributed by atoms with van der Waals surface area (Å²) in [6.07, 6.45) is 0. The summed E-state index contributed by atoms with van der Waals surface area (Å²) in [6.45, 7) is 5.41. The lowest BCUT2D eigenvalue weighted by atomic mass is 10.1. The van der Waals surface area contributed by atoms with Crippen LogP contribution in [-0.2, 0) is 4.74 Å². The zero-order chi connectivity index (χ0) is 11.5. The predicted octanol–water partition coefficient (Wildman–Crippen LogP) is 2.51. The van der Waals surface area contributed by atoms with E-state index in [1.807, 2.05) is 6.07 Å². The highest BCUT2D eigenvalue weighted by molar-refractivity contribution is 5.90. The molecule has 0 aliphatic heterocycles. The largest absolute Gasteiger partial charge is 0.456 e. The Morgan fingerprint density at radius 2 is 2.07 bits per heavy atom. The fourth-order valence-electron chi connectivity index (χ4n) is 1.05. The van der Waals surface area contributed by atoms with E-state index in [4.69, 9.17) is 10.00 Å². The standard InChI is InChI=1S/C12H13NO2/c1-12(2,3)15-11(14)10-6-4-5-9(7-10)8-13/h4-7H,1-3H3. The van der Waals surface area contributed by atoms with Crippen molar-refractivity contribution in [1.82, 2.24) is 0 Å². The summed E-state index contributed by atoms with van der Waals surface area (Å²) in [7, 11) is 0. The lowest BCUT2D eigenvalue weighted by Crippen LogP contribution is -2.23. The number of benzene rings is 1. The summed E-state index contributed by atoms with van der Waals surface area (Å²) in [5.41, 5.74) is 0.349. The second-order valence-electron chi connectivity index (χ2n) is 4.19. The van der Waals surface area contributed by atoms with Gasteiger partial charge in [-0.05, 0) is 39.0 Å². The number of nitriles is 1. The minimum atomic E-state index is -0.514. The molecule has 0 radical (unpaired) electrons. The van der Waals surface area contributed by atoms with Crippen molar-refractivity contribution in [3.8, 4) is 6.07 Å². The van der Waals surface area contributed by atoms with E-state index < -0.39 is 11.6 Å². The molecule has 0 heterocycles. The van der Waals surface area contributed by atoms with Crippen molar-refractivity contribution in [1.29, 1.82) is 5.26 Å². The van der Waals surface area contributed by atoms with Gasteiger partial charge in [0.25, 0.3) is 0 Å². The Hall–Kier alpha value is -1.82. The van der Waals surface area contributed by atoms with E-state index in [-0.39, 0.29) is 0 Å². The van der Waals surface area contributed by atoms with Crippen molar-refractivity contribution in [2.75, 3.05) is 0 Å². The molecule has 0 unspecified atom stereocenters. The third kappa shape index (κ3) is 3.43. The smallest absolute Gasteiger partial charge is 0.338 e. The third-order valence-corrected chi connectivity index (χ3v) is 1.63. The molecule has 78 valence electrons. The van der Waals surface area contributed by atoms with Crippen molar-refractivity contribution in [3.05, 3.63) is 35.4 Å². The molecule has 0 saturated heterocycles. The van der Waals surface area contributed by atoms with E-state index in [2.05, 4.69) is 0 Å². The molecule has 0 bridgehead atoms. The first-order valence-corrected chi connectivity index (χ1v) is 4.66. The maximum atomic E-state index is 11.6. The maximum Gasteiger partial charge on any atom is 0.338 e. The Morgan fingerprint density at radius 3 is 2.60 bits per heavy atom. The van der Waals surface area contributed by atoms with Crippen LogP contribution in [0, 0.1) is 11.3 Å². The van der Waals surface area contributed by atoms with E-state index in [9.17, 15) is 4.79 Å². The summed E-state index contributed by atoms with van der Waals surface area (Å²) in [5, 5.41) is 8.67. The molecule has 3 nitrogen and oxygen atoms in total. The average Bonchev–Trinajstić information content (AvgIpc) is 2.15. The van der Waals surface area contributed by atoms with Crippen LogP contribution in [0.5, 0.6) is 0 Å². The van der Waals surface area contributed by atoms with E-state index in [1.54, 1.807) is 39.0 Å². The number of carbonyl (C=O) groups excluding carboxylic acids is 1. The summed E-state index contributed by atoms with van der Waals surface area (Å²) >= 11 is 0. The van der Waals surface area contributed by atoms with Crippen LogP contribution in [0.25, 0.3) is 0 Å². The molecule has 0 atom stereocenters. The second kappa shape index (κ2) is 4.14. The molecule has 0 fully saturated rings. The third-order valence-electron chi connectivity index (χ3n) is 1.63. The number of hydrogen-bond donors (Lipinski definition) is 0. The zero-order valence-electron chi connectivity index (χ0n) is 9.07. The van der Waals surface area contributed by atoms with Crippen LogP contribution in [-0.4, -0.2) is 11.6 Å². The van der Waals surface area contributed by atoms with Gasteiger partial charge in [-0.15, -0.1) is 0 Å². The number of hydrogen-bond acceptors (Lipinski definition) is 3. The number of nitrogens with zero attached hydrogens (tertiary/aromatic N) is 1. The van der Waals surface area contributed by atoms with Gasteiger partial charge in [-0.2, -0.15) is 5.26 Å². The van der Waals surface area contributed by atoms with Crippen LogP contribution in [0.2, 0.25) is 0 Å². The summed E-state index contributed by atoms with van der Waals surface area (Å²) in [6, 6.07) is 8.44. The molecule has 0 aliphatic carbocycles. The molecule has 1 aromatic rings. The lowest BCUT2D eigenvalue weighted by molar-refractivity contribution is 0.00695. The minimum Gasteiger partial charge on any atom is -0.456 e. The zero-order valence-corrected chi connectivity index (χ0v) is 9.07. The normalized spacial score (nSPS) is 10.5. The molecular formula is C12H13NO2. The fourth-order valence-corrected chi connectivity index (χ4v) is 1.05. The maximum absolute atomic E-state index is 11.6. The van der Waals surface area contributed by atoms with Gasteiger partial charge in [0.2, 0.25) is 0 Å². The van der Waals surface area contributed by atoms with Crippen LogP contribution >= 0.6 is 0 Å². The van der Waals surface area contributed by atoms with Gasteiger partial charge in [-0.25, -0.2) is 4.79 Å². The first-order chi connectivity index (χ1) is 6.92. The molecular weight excluding hydrogens is 190 g/mol. The minimum absolute atomic E-state index is 0.403. The number of carbonyl (C=O) groups is 1. The molecule has 1 rings (SSSR count). The van der Waals surface area contributed by atoms with E-state index >= 15 is 0 Å². The Morgan fingerprint density at radius 1 is 1.40 bits per heavy atom. The molecule has 0 saturated carbocycles. The number of ether oxygens (including phenoxy) is 1. The van der Waals surface area contributed by atoms with Crippen LogP contribution in [0.15, 0.2) is 24.3 Å². The summed E-state index contributed by atoms with van der Waals surface area (Å²) in [5.74, 6) is -0.403. The molecule has 0 aliphatic rings. The van der Waals surface area contributed by atoms with Gasteiger partial charge in [-0.3, -0.25) is 0 Å². The predicted molar refractivity (Wildman–Crippen MR) is 56.3 cm³/mol. The molecule has 15 heavy (non-hydrogen) atoms. The highest BCUT2D eigenvalue weighted by Gasteiger charge is 2.17. The quantitative estimate of drug-likeness (QED) is 0.659. The van der Waals surface area contributed by atoms with Gasteiger partial charge in [0.1, 0.15) is 5.60 Å². The van der Waals surface area contributed by atoms with Crippen LogP contribution in [0.1, 0.15) is 36.7 Å². The molecule has 1 aromatic carbocycles. The van der Waals surface area contributed by atoms with Gasteiger partial charge in [0.15, 0.2) is 0 Å². The lowest BCUT2D eigenvalue weighted by Gasteiger charge is -2.19. The molecule has 0 aromatic heterocycles. The number of esters is 1. The monoisotopic (exact) mass is 203 g/mol. The van der Waals surface area contributed by atoms with E-state index in [1.165, 1.54) is 6.07 Å². The van der Waals surface area contributed by atoms with Gasteiger partial charge in [0, 0.05) is 0 Å². The topological polar surface area (TPSA) is 50.1 Å². The van der Waals surface area contributed by atoms with Crippen molar-refractivity contribution >= 4 is 5.97 Å². The highest BCUT2D eigenvalue weighted by Crippen LogP contribution is 2.12. The van der Waals surface area contributed by atoms with Gasteiger partial charge in [0.05, 0.1) is 17.2 Å². The Labute approximate surface area is 89.3 Å². The van der Waals surface area contributed by atoms with Crippen molar-refractivity contribution in [3.63, 3.8) is 0 Å². The SMILES string of the molecule is CC(C)(C)OC(=O)c1cccc(C#N)c1. The molecule has 3 heteroatoms. The van der Waals surface area contributed by atoms with Gasteiger partial charge in [-0.1, -0.05) is 6.07 Å². The van der Waals surface area contributed by atoms with Gasteiger partial charge < -0.3 is 4.74 Å². The Kier molecular flexibility index (Phi) is 3.11. The van der Waals surface area contributed by atoms with Crippen LogP contribution in [0.3, 0.4) is 0 Å². The van der Waals surface area contributed by atoms with Crippen LogP contribution < -0.4 is 0 Å². The van der Waals surface area contributed by atoms with Crippen molar-refractivity contribution in [2.45, 2.75) is 26.4 Å². The highest BCUT2D eigenvalue weighted by atomic mass is 16.6. The second-order valence-corrected chi connectivity index (χ2v) is 4.19. The Bertz CT molecular complexity index is 410. The number of rotatable bonds is 1. The fraction of sp³-hybridized carbons (Fsp3) is 0.333. The molecule has 0 N–H and O–H groups in total. The average molecular weight is 203 g/mol. The summed E-state index contributed by atoms with van der Waals surface area (Å²) in [4.78, 5) is 11.6. The summed E-state index contributed by atoms with van der Waals surface area (Å²) < 4.78 is 5.17. The Balaban J connectivity index is 2.88. The first-order valence-electron chi connectivity index (χ1n) is 4.66. The van der Waals surface area contributed by atoms with Crippen LogP contribution in [0.4, 0.5) is 0 Å². The molecule has 0 amide bonds. The first kappa shape index (κ1) is 11.3. The molecule has 0 spiro atoms. The van der Waals surface area contributed by atoms with Crippen molar-refractivity contribution < 1.29 is 9.53 Å². The van der Waals surface area contributed by atoms with E-state index in [0.717, 1.165) is 0 Å².